The van der Waals surface area contributed by atoms with Crippen molar-refractivity contribution in [2.45, 2.75) is 20.4 Å². The second kappa shape index (κ2) is 6.64. The fraction of sp³-hybridized carbons (Fsp3) is 0.222. The number of nitrogens with zero attached hydrogens (tertiary/aromatic N) is 2. The van der Waals surface area contributed by atoms with E-state index in [1.165, 1.54) is 22.5 Å². The standard InChI is InChI=1S/C18H18N2OS2/c1-12-6-4-5-7-14(12)10-20(3)18(21)16-13(2)19-17(23-16)15-8-9-22-11-15/h4-9,11H,10H2,1-3H3. The van der Waals surface area contributed by atoms with E-state index in [1.807, 2.05) is 37.6 Å². The molecular formula is C18H18N2OS2. The van der Waals surface area contributed by atoms with E-state index in [4.69, 9.17) is 0 Å². The van der Waals surface area contributed by atoms with Crippen molar-refractivity contribution in [1.82, 2.24) is 9.88 Å². The van der Waals surface area contributed by atoms with Crippen molar-refractivity contribution in [2.75, 3.05) is 7.05 Å². The fourth-order valence-corrected chi connectivity index (χ4v) is 4.17. The van der Waals surface area contributed by atoms with Crippen LogP contribution in [0.5, 0.6) is 0 Å². The van der Waals surface area contributed by atoms with Crippen molar-refractivity contribution in [1.29, 1.82) is 0 Å². The highest BCUT2D eigenvalue weighted by molar-refractivity contribution is 7.17. The largest absolute Gasteiger partial charge is 0.337 e. The molecule has 0 unspecified atom stereocenters. The molecule has 2 heterocycles. The lowest BCUT2D eigenvalue weighted by atomic mass is 10.1. The second-order valence-electron chi connectivity index (χ2n) is 5.53. The molecule has 0 aliphatic rings. The van der Waals surface area contributed by atoms with Gasteiger partial charge in [0.25, 0.3) is 5.91 Å². The molecule has 3 nitrogen and oxygen atoms in total. The summed E-state index contributed by atoms with van der Waals surface area (Å²) in [5.41, 5.74) is 4.26. The van der Waals surface area contributed by atoms with Crippen molar-refractivity contribution in [3.63, 3.8) is 0 Å². The topological polar surface area (TPSA) is 33.2 Å². The van der Waals surface area contributed by atoms with Gasteiger partial charge in [0.05, 0.1) is 5.69 Å². The minimum Gasteiger partial charge on any atom is -0.337 e. The molecule has 0 fully saturated rings. The highest BCUT2D eigenvalue weighted by Crippen LogP contribution is 2.30. The Kier molecular flexibility index (Phi) is 4.59. The van der Waals surface area contributed by atoms with Gasteiger partial charge in [-0.3, -0.25) is 4.79 Å². The average Bonchev–Trinajstić information content (AvgIpc) is 3.18. The van der Waals surface area contributed by atoms with Crippen molar-refractivity contribution in [3.8, 4) is 10.6 Å². The summed E-state index contributed by atoms with van der Waals surface area (Å²) in [6.45, 7) is 4.58. The predicted molar refractivity (Wildman–Crippen MR) is 97.1 cm³/mol. The zero-order valence-corrected chi connectivity index (χ0v) is 15.0. The van der Waals surface area contributed by atoms with Gasteiger partial charge in [-0.2, -0.15) is 11.3 Å². The number of aryl methyl sites for hydroxylation is 2. The molecule has 0 saturated carbocycles. The molecule has 0 aliphatic carbocycles. The minimum atomic E-state index is 0.0322. The van der Waals surface area contributed by atoms with Gasteiger partial charge in [0, 0.05) is 24.5 Å². The first kappa shape index (κ1) is 15.9. The molecule has 0 N–H and O–H groups in total. The number of hydrogen-bond donors (Lipinski definition) is 0. The van der Waals surface area contributed by atoms with Gasteiger partial charge in [-0.15, -0.1) is 11.3 Å². The molecule has 1 aromatic carbocycles. The molecule has 0 atom stereocenters. The predicted octanol–water partition coefficient (Wildman–Crippen LogP) is 4.76. The molecule has 5 heteroatoms. The number of thiazole rings is 1. The third kappa shape index (κ3) is 3.35. The number of amides is 1. The van der Waals surface area contributed by atoms with Crippen LogP contribution in [0.15, 0.2) is 41.1 Å². The van der Waals surface area contributed by atoms with Crippen molar-refractivity contribution in [3.05, 3.63) is 62.8 Å². The van der Waals surface area contributed by atoms with Crippen LogP contribution >= 0.6 is 22.7 Å². The van der Waals surface area contributed by atoms with Gasteiger partial charge in [0.1, 0.15) is 9.88 Å². The third-order valence-corrected chi connectivity index (χ3v) is 5.65. The zero-order chi connectivity index (χ0) is 16.4. The maximum atomic E-state index is 12.8. The first-order valence-corrected chi connectivity index (χ1v) is 9.12. The van der Waals surface area contributed by atoms with E-state index in [-0.39, 0.29) is 5.91 Å². The van der Waals surface area contributed by atoms with E-state index in [0.29, 0.717) is 6.54 Å². The zero-order valence-electron chi connectivity index (χ0n) is 13.4. The Labute approximate surface area is 144 Å². The Morgan fingerprint density at radius 1 is 1.22 bits per heavy atom. The molecule has 2 aromatic heterocycles. The van der Waals surface area contributed by atoms with Crippen molar-refractivity contribution in [2.24, 2.45) is 0 Å². The van der Waals surface area contributed by atoms with Crippen molar-refractivity contribution < 1.29 is 4.79 Å². The number of thiophene rings is 1. The van der Waals surface area contributed by atoms with Crippen LogP contribution in [0.1, 0.15) is 26.5 Å². The first-order chi connectivity index (χ1) is 11.1. The van der Waals surface area contributed by atoms with Crippen molar-refractivity contribution >= 4 is 28.6 Å². The molecular weight excluding hydrogens is 324 g/mol. The van der Waals surface area contributed by atoms with Gasteiger partial charge < -0.3 is 4.90 Å². The summed E-state index contributed by atoms with van der Waals surface area (Å²) < 4.78 is 0. The molecule has 0 aliphatic heterocycles. The first-order valence-electron chi connectivity index (χ1n) is 7.36. The smallest absolute Gasteiger partial charge is 0.265 e. The molecule has 3 aromatic rings. The van der Waals surface area contributed by atoms with E-state index in [0.717, 1.165) is 21.1 Å². The Morgan fingerprint density at radius 2 is 2.00 bits per heavy atom. The van der Waals surface area contributed by atoms with E-state index in [9.17, 15) is 4.79 Å². The lowest BCUT2D eigenvalue weighted by Gasteiger charge is -2.18. The Hall–Kier alpha value is -1.98. The average molecular weight is 342 g/mol. The van der Waals surface area contributed by atoms with Gasteiger partial charge in [0.15, 0.2) is 0 Å². The van der Waals surface area contributed by atoms with Crippen LogP contribution in [-0.4, -0.2) is 22.8 Å². The lowest BCUT2D eigenvalue weighted by Crippen LogP contribution is -2.26. The van der Waals surface area contributed by atoms with Gasteiger partial charge in [0.2, 0.25) is 0 Å². The monoisotopic (exact) mass is 342 g/mol. The van der Waals surface area contributed by atoms with E-state index in [2.05, 4.69) is 29.4 Å². The van der Waals surface area contributed by atoms with Crippen LogP contribution in [0.4, 0.5) is 0 Å². The molecule has 23 heavy (non-hydrogen) atoms. The van der Waals surface area contributed by atoms with Crippen LogP contribution in [0, 0.1) is 13.8 Å². The summed E-state index contributed by atoms with van der Waals surface area (Å²) in [5, 5.41) is 5.00. The van der Waals surface area contributed by atoms with E-state index < -0.39 is 0 Å². The molecule has 0 bridgehead atoms. The molecule has 118 valence electrons. The van der Waals surface area contributed by atoms with E-state index in [1.54, 1.807) is 16.2 Å². The molecule has 0 saturated heterocycles. The van der Waals surface area contributed by atoms with E-state index >= 15 is 0 Å². The lowest BCUT2D eigenvalue weighted by molar-refractivity contribution is 0.0789. The summed E-state index contributed by atoms with van der Waals surface area (Å²) >= 11 is 3.11. The number of hydrogen-bond acceptors (Lipinski definition) is 4. The summed E-state index contributed by atoms with van der Waals surface area (Å²) in [5.74, 6) is 0.0322. The highest BCUT2D eigenvalue weighted by atomic mass is 32.1. The van der Waals surface area contributed by atoms with Gasteiger partial charge in [-0.1, -0.05) is 24.3 Å². The number of carbonyl (C=O) groups is 1. The maximum Gasteiger partial charge on any atom is 0.265 e. The normalized spacial score (nSPS) is 10.7. The van der Waals surface area contributed by atoms with Crippen LogP contribution in [0.25, 0.3) is 10.6 Å². The third-order valence-electron chi connectivity index (χ3n) is 3.77. The maximum absolute atomic E-state index is 12.8. The quantitative estimate of drug-likeness (QED) is 0.685. The number of rotatable bonds is 4. The number of benzene rings is 1. The minimum absolute atomic E-state index is 0.0322. The Morgan fingerprint density at radius 3 is 2.70 bits per heavy atom. The summed E-state index contributed by atoms with van der Waals surface area (Å²) in [7, 11) is 1.85. The van der Waals surface area contributed by atoms with Crippen LogP contribution < -0.4 is 0 Å². The Balaban J connectivity index is 1.81. The van der Waals surface area contributed by atoms with Crippen LogP contribution in [0.3, 0.4) is 0 Å². The SMILES string of the molecule is Cc1ccccc1CN(C)C(=O)c1sc(-c2ccsc2)nc1C. The number of carbonyl (C=O) groups excluding carboxylic acids is 1. The Bertz CT molecular complexity index is 821. The van der Waals surface area contributed by atoms with Gasteiger partial charge >= 0.3 is 0 Å². The fourth-order valence-electron chi connectivity index (χ4n) is 2.39. The molecule has 0 spiro atoms. The van der Waals surface area contributed by atoms with Gasteiger partial charge in [-0.05, 0) is 36.4 Å². The van der Waals surface area contributed by atoms with Gasteiger partial charge in [-0.25, -0.2) is 4.98 Å². The summed E-state index contributed by atoms with van der Waals surface area (Å²) in [6.07, 6.45) is 0. The molecule has 3 rings (SSSR count). The second-order valence-corrected chi connectivity index (χ2v) is 7.31. The summed E-state index contributed by atoms with van der Waals surface area (Å²) in [6, 6.07) is 10.2. The molecule has 1 amide bonds. The van der Waals surface area contributed by atoms with Crippen LogP contribution in [-0.2, 0) is 6.54 Å². The summed E-state index contributed by atoms with van der Waals surface area (Å²) in [4.78, 5) is 19.8. The highest BCUT2D eigenvalue weighted by Gasteiger charge is 2.20. The van der Waals surface area contributed by atoms with Crippen LogP contribution in [0.2, 0.25) is 0 Å². The molecule has 0 radical (unpaired) electrons. The number of aromatic nitrogens is 1.